The van der Waals surface area contributed by atoms with Crippen LogP contribution in [-0.2, 0) is 0 Å². The van der Waals surface area contributed by atoms with Gasteiger partial charge >= 0.3 is 109 Å². The van der Waals surface area contributed by atoms with E-state index in [4.69, 9.17) is 19.2 Å². The zero-order valence-electron chi connectivity index (χ0n) is 2.79. The Hall–Kier alpha value is 3.76. The fourth-order valence-electron chi connectivity index (χ4n) is 0. The summed E-state index contributed by atoms with van der Waals surface area (Å²) < 4.78 is 0. The van der Waals surface area contributed by atoms with Gasteiger partial charge in [-0.05, 0) is 0 Å². The summed E-state index contributed by atoms with van der Waals surface area (Å²) in [6.07, 6.45) is 0. The van der Waals surface area contributed by atoms with Gasteiger partial charge in [0, 0.05) is 0 Å². The molecule has 0 aromatic heterocycles. The van der Waals surface area contributed by atoms with E-state index < -0.39 is 9.05 Å². The van der Waals surface area contributed by atoms with Crippen molar-refractivity contribution >= 4 is 127 Å². The average molecular weight is 324 g/mol. The molecule has 0 rings (SSSR count). The molecule has 0 heterocycles. The molecule has 6 N–H and O–H groups in total. The molecule has 0 fully saturated rings. The molecular weight excluding hydrogens is 311 g/mol. The van der Waals surface area contributed by atoms with Crippen LogP contribution in [0.25, 0.3) is 0 Å². The second-order valence-corrected chi connectivity index (χ2v) is 1.80. The molecule has 0 radical (unpaired) electrons. The van der Waals surface area contributed by atoms with E-state index in [9.17, 15) is 0 Å². The van der Waals surface area contributed by atoms with Crippen molar-refractivity contribution in [2.75, 3.05) is 0 Å². The van der Waals surface area contributed by atoms with Crippen LogP contribution in [0.15, 0.2) is 0 Å². The second kappa shape index (κ2) is 14.3. The van der Waals surface area contributed by atoms with Crippen LogP contribution in [0, 0.1) is 0 Å². The van der Waals surface area contributed by atoms with Gasteiger partial charge < -0.3 is 24.7 Å². The molecule has 0 unspecified atom stereocenters. The summed E-state index contributed by atoms with van der Waals surface area (Å²) in [4.78, 5) is 29.3. The van der Waals surface area contributed by atoms with Crippen LogP contribution in [0.3, 0.4) is 0 Å². The van der Waals surface area contributed by atoms with Gasteiger partial charge in [-0.3, -0.25) is 0 Å². The van der Waals surface area contributed by atoms with E-state index in [-0.39, 0.29) is 123 Å². The van der Waals surface area contributed by atoms with Crippen molar-refractivity contribution in [1.29, 1.82) is 0 Å². The topological polar surface area (TPSA) is 112 Å². The maximum absolute atomic E-state index is 7.33. The quantitative estimate of drug-likeness (QED) is 0.332. The molecule has 52 valence electrons. The average Bonchev–Trinajstić information content (AvgIpc) is 0.722. The fourth-order valence-corrected chi connectivity index (χ4v) is 0. The molecule has 0 aliphatic heterocycles. The Balaban J connectivity index is -0.0000000133. The fraction of sp³-hybridized carbons (Fsp3) is 0. The third kappa shape index (κ3) is 79.3. The molecule has 9 heavy (non-hydrogen) atoms. The molecule has 0 aliphatic rings. The van der Waals surface area contributed by atoms with E-state index in [1.807, 2.05) is 0 Å². The number of hydrogen-bond acceptors (Lipinski definition) is 4. The van der Waals surface area contributed by atoms with Crippen LogP contribution in [-0.4, -0.2) is 151 Å². The normalized spacial score (nSPS) is 6.67. The predicted octanol–water partition coefficient (Wildman–Crippen LogP) is -6.18. The molecule has 9 heteroatoms. The number of rotatable bonds is 0. The van der Waals surface area contributed by atoms with Crippen molar-refractivity contribution in [2.24, 2.45) is 0 Å². The van der Waals surface area contributed by atoms with Gasteiger partial charge in [0.25, 0.3) is 0 Å². The zero-order chi connectivity index (χ0) is 4.50. The van der Waals surface area contributed by atoms with Crippen LogP contribution in [0.1, 0.15) is 0 Å². The van der Waals surface area contributed by atoms with Crippen LogP contribution in [0.2, 0.25) is 0 Å². The minimum absolute atomic E-state index is 0. The molecular formula is H12AlBaKO5Si. The van der Waals surface area contributed by atoms with Crippen molar-refractivity contribution in [3.05, 3.63) is 0 Å². The van der Waals surface area contributed by atoms with E-state index in [0.717, 1.165) is 0 Å². The van der Waals surface area contributed by atoms with E-state index in [1.165, 1.54) is 0 Å². The molecule has 0 saturated heterocycles. The monoisotopic (exact) mass is 324 g/mol. The van der Waals surface area contributed by atoms with Gasteiger partial charge in [-0.15, -0.1) is 0 Å². The molecule has 0 aromatic carbocycles. The minimum atomic E-state index is -4.61. The third-order valence-electron chi connectivity index (χ3n) is 0. The Kier molecular flexibility index (Phi) is 46.5. The second-order valence-electron chi connectivity index (χ2n) is 0.600. The van der Waals surface area contributed by atoms with Crippen molar-refractivity contribution in [3.63, 3.8) is 0 Å². The first kappa shape index (κ1) is 29.3. The predicted molar refractivity (Wildman–Crippen MR) is 43.9 cm³/mol. The van der Waals surface area contributed by atoms with Crippen LogP contribution in [0.4, 0.5) is 0 Å². The molecule has 0 bridgehead atoms. The van der Waals surface area contributed by atoms with E-state index in [0.29, 0.717) is 0 Å². The van der Waals surface area contributed by atoms with Crippen LogP contribution < -0.4 is 0 Å². The summed E-state index contributed by atoms with van der Waals surface area (Å²) in [7, 11) is -4.61. The van der Waals surface area contributed by atoms with Gasteiger partial charge in [0.1, 0.15) is 0 Å². The van der Waals surface area contributed by atoms with Gasteiger partial charge in [0.15, 0.2) is 17.4 Å². The Morgan fingerprint density at radius 3 is 0.889 bits per heavy atom. The van der Waals surface area contributed by atoms with Gasteiger partial charge in [0.2, 0.25) is 0 Å². The number of hydrogen-bond donors (Lipinski definition) is 4. The first-order chi connectivity index (χ1) is 2.00. The van der Waals surface area contributed by atoms with E-state index in [1.54, 1.807) is 0 Å². The van der Waals surface area contributed by atoms with Gasteiger partial charge in [0.05, 0.1) is 0 Å². The Morgan fingerprint density at radius 1 is 0.889 bits per heavy atom. The third-order valence-corrected chi connectivity index (χ3v) is 0. The van der Waals surface area contributed by atoms with Gasteiger partial charge in [-0.2, -0.15) is 0 Å². The molecule has 0 atom stereocenters. The molecule has 0 amide bonds. The standard InChI is InChI=1S/Al.Ba.K.H4O4Si.H2O.6H/c;;;1-5(2,3)4;;;;;;;/h;;;1-4H;1H2;;;;;;. The first-order valence-electron chi connectivity index (χ1n) is 0.894. The first-order valence-corrected chi connectivity index (χ1v) is 2.68. The SMILES string of the molecule is O.O[Si](O)(O)O.[AlH3].[BaH2].[KH]. The molecule has 0 spiro atoms. The van der Waals surface area contributed by atoms with Crippen LogP contribution in [0.5, 0.6) is 0 Å². The summed E-state index contributed by atoms with van der Waals surface area (Å²) >= 11 is 0. The Labute approximate surface area is 147 Å². The van der Waals surface area contributed by atoms with E-state index in [2.05, 4.69) is 0 Å². The van der Waals surface area contributed by atoms with Crippen molar-refractivity contribution in [1.82, 2.24) is 0 Å². The summed E-state index contributed by atoms with van der Waals surface area (Å²) in [5, 5.41) is 0. The molecule has 0 aliphatic carbocycles. The van der Waals surface area contributed by atoms with E-state index >= 15 is 0 Å². The summed E-state index contributed by atoms with van der Waals surface area (Å²) in [5.74, 6) is 0. The maximum atomic E-state index is 7.33. The Morgan fingerprint density at radius 2 is 0.889 bits per heavy atom. The van der Waals surface area contributed by atoms with Gasteiger partial charge in [-0.1, -0.05) is 0 Å². The molecule has 0 saturated carbocycles. The molecule has 5 nitrogen and oxygen atoms in total. The summed E-state index contributed by atoms with van der Waals surface area (Å²) in [6, 6.07) is 0. The van der Waals surface area contributed by atoms with Crippen molar-refractivity contribution in [2.45, 2.75) is 0 Å². The molecule has 0 aromatic rings. The van der Waals surface area contributed by atoms with Crippen molar-refractivity contribution in [3.8, 4) is 0 Å². The zero-order valence-corrected chi connectivity index (χ0v) is 3.79. The summed E-state index contributed by atoms with van der Waals surface area (Å²) in [5.41, 5.74) is 0. The van der Waals surface area contributed by atoms with Crippen molar-refractivity contribution < 1.29 is 24.7 Å². The Bertz CT molecular complexity index is 32.4. The summed E-state index contributed by atoms with van der Waals surface area (Å²) in [6.45, 7) is 0. The van der Waals surface area contributed by atoms with Gasteiger partial charge in [-0.25, -0.2) is 0 Å². The van der Waals surface area contributed by atoms with Crippen LogP contribution >= 0.6 is 0 Å².